The van der Waals surface area contributed by atoms with Crippen LogP contribution in [0.5, 0.6) is 0 Å². The van der Waals surface area contributed by atoms with E-state index < -0.39 is 10.0 Å². The second kappa shape index (κ2) is 10.5. The van der Waals surface area contributed by atoms with Crippen LogP contribution >= 0.6 is 0 Å². The monoisotopic (exact) mass is 483 g/mol. The largest absolute Gasteiger partial charge is 0.354 e. The number of anilines is 3. The van der Waals surface area contributed by atoms with Gasteiger partial charge in [-0.2, -0.15) is 0 Å². The van der Waals surface area contributed by atoms with Gasteiger partial charge in [-0.05, 0) is 49.7 Å². The number of rotatable bonds is 8. The zero-order valence-corrected chi connectivity index (χ0v) is 20.9. The fraction of sp³-hybridized carbons (Fsp3) is 0.458. The highest BCUT2D eigenvalue weighted by Gasteiger charge is 2.18. The van der Waals surface area contributed by atoms with Crippen LogP contribution in [0.25, 0.3) is 5.57 Å². The molecule has 10 heteroatoms. The van der Waals surface area contributed by atoms with E-state index in [9.17, 15) is 8.42 Å². The fourth-order valence-electron chi connectivity index (χ4n) is 3.97. The van der Waals surface area contributed by atoms with E-state index >= 15 is 0 Å². The summed E-state index contributed by atoms with van der Waals surface area (Å²) in [6.45, 7) is 8.30. The van der Waals surface area contributed by atoms with Gasteiger partial charge < -0.3 is 15.1 Å². The Balaban J connectivity index is 1.44. The maximum absolute atomic E-state index is 12.3. The first-order valence-corrected chi connectivity index (χ1v) is 13.4. The van der Waals surface area contributed by atoms with Gasteiger partial charge in [0.2, 0.25) is 10.0 Å². The Morgan fingerprint density at radius 2 is 1.88 bits per heavy atom. The quantitative estimate of drug-likeness (QED) is 0.595. The van der Waals surface area contributed by atoms with E-state index in [2.05, 4.69) is 41.8 Å². The number of hydrogen-bond donors (Lipinski definition) is 2. The first kappa shape index (κ1) is 24.2. The number of likely N-dealkylation sites (N-methyl/N-ethyl adjacent to an activating group) is 1. The van der Waals surface area contributed by atoms with Crippen LogP contribution in [0.4, 0.5) is 17.3 Å². The molecule has 0 aliphatic carbocycles. The van der Waals surface area contributed by atoms with Crippen LogP contribution in [0.1, 0.15) is 31.2 Å². The number of piperazine rings is 1. The van der Waals surface area contributed by atoms with Gasteiger partial charge in [0.05, 0.1) is 12.3 Å². The van der Waals surface area contributed by atoms with Gasteiger partial charge in [-0.1, -0.05) is 25.5 Å². The molecule has 0 radical (unpaired) electrons. The zero-order valence-electron chi connectivity index (χ0n) is 20.1. The molecular formula is C24H33N7O2S. The maximum atomic E-state index is 12.3. The summed E-state index contributed by atoms with van der Waals surface area (Å²) in [5, 5.41) is 3.32. The van der Waals surface area contributed by atoms with Crippen molar-refractivity contribution in [1.82, 2.24) is 14.9 Å². The van der Waals surface area contributed by atoms with Crippen molar-refractivity contribution in [3.63, 3.8) is 0 Å². The first-order chi connectivity index (χ1) is 16.3. The number of amidine groups is 1. The third-order valence-electron chi connectivity index (χ3n) is 5.91. The van der Waals surface area contributed by atoms with Crippen LogP contribution < -0.4 is 14.9 Å². The molecule has 2 N–H and O–H groups in total. The molecule has 0 spiro atoms. The molecule has 0 amide bonds. The predicted molar refractivity (Wildman–Crippen MR) is 139 cm³/mol. The van der Waals surface area contributed by atoms with Crippen molar-refractivity contribution in [2.45, 2.75) is 26.7 Å². The van der Waals surface area contributed by atoms with Crippen molar-refractivity contribution in [3.8, 4) is 0 Å². The standard InChI is InChI=1S/C24H33N7O2S/c1-4-5-13-34(32,33)29-21-8-6-7-19(14-21)20-15-22(25-17-20)28-23-16-24(27-18(2)26-23)31-11-9-30(3)10-12-31/h6-8,14-16,29H,4-5,9-13,17H2,1-3H3,(H,25,26,27,28). The van der Waals surface area contributed by atoms with Crippen molar-refractivity contribution in [3.05, 3.63) is 47.8 Å². The van der Waals surface area contributed by atoms with E-state index in [0.717, 1.165) is 61.2 Å². The van der Waals surface area contributed by atoms with Crippen LogP contribution in [0.3, 0.4) is 0 Å². The van der Waals surface area contributed by atoms with E-state index in [4.69, 9.17) is 0 Å². The molecule has 182 valence electrons. The van der Waals surface area contributed by atoms with Gasteiger partial charge in [0.25, 0.3) is 0 Å². The zero-order chi connectivity index (χ0) is 24.1. The third kappa shape index (κ3) is 6.32. The Kier molecular flexibility index (Phi) is 7.47. The van der Waals surface area contributed by atoms with Crippen LogP contribution in [0.15, 0.2) is 41.4 Å². The molecule has 1 aromatic heterocycles. The van der Waals surface area contributed by atoms with Crippen LogP contribution in [-0.2, 0) is 10.0 Å². The van der Waals surface area contributed by atoms with Crippen molar-refractivity contribution in [1.29, 1.82) is 0 Å². The Morgan fingerprint density at radius 3 is 2.65 bits per heavy atom. The lowest BCUT2D eigenvalue weighted by Crippen LogP contribution is -2.44. The molecule has 0 unspecified atom stereocenters. The van der Waals surface area contributed by atoms with Crippen LogP contribution in [-0.4, -0.2) is 74.6 Å². The van der Waals surface area contributed by atoms with Gasteiger partial charge in [-0.15, -0.1) is 0 Å². The van der Waals surface area contributed by atoms with Crippen molar-refractivity contribution >= 4 is 38.8 Å². The Hall–Kier alpha value is -2.98. The number of benzene rings is 1. The minimum absolute atomic E-state index is 0.127. The molecule has 0 atom stereocenters. The van der Waals surface area contributed by atoms with Crippen molar-refractivity contribution in [2.24, 2.45) is 4.99 Å². The minimum Gasteiger partial charge on any atom is -0.354 e. The van der Waals surface area contributed by atoms with E-state index in [1.54, 1.807) is 6.07 Å². The summed E-state index contributed by atoms with van der Waals surface area (Å²) < 4.78 is 27.2. The second-order valence-corrected chi connectivity index (χ2v) is 10.6. The Labute approximate surface area is 202 Å². The summed E-state index contributed by atoms with van der Waals surface area (Å²) >= 11 is 0. The van der Waals surface area contributed by atoms with Gasteiger partial charge in [-0.25, -0.2) is 18.4 Å². The Bertz CT molecular complexity index is 1190. The molecule has 9 nitrogen and oxygen atoms in total. The van der Waals surface area contributed by atoms with Crippen LogP contribution in [0, 0.1) is 6.92 Å². The molecule has 1 saturated heterocycles. The molecule has 2 aliphatic rings. The molecular weight excluding hydrogens is 450 g/mol. The lowest BCUT2D eigenvalue weighted by Gasteiger charge is -2.33. The molecule has 0 bridgehead atoms. The fourth-order valence-corrected chi connectivity index (χ4v) is 5.23. The highest BCUT2D eigenvalue weighted by molar-refractivity contribution is 7.92. The topological polar surface area (TPSA) is 103 Å². The number of hydrogen-bond acceptors (Lipinski definition) is 8. The molecule has 0 saturated carbocycles. The number of unbranched alkanes of at least 4 members (excludes halogenated alkanes) is 1. The highest BCUT2D eigenvalue weighted by Crippen LogP contribution is 2.24. The molecule has 2 aromatic rings. The normalized spacial score (nSPS) is 16.9. The van der Waals surface area contributed by atoms with Gasteiger partial charge in [0.15, 0.2) is 0 Å². The average molecular weight is 484 g/mol. The lowest BCUT2D eigenvalue weighted by molar-refractivity contribution is 0.312. The maximum Gasteiger partial charge on any atom is 0.232 e. The smallest absolute Gasteiger partial charge is 0.232 e. The SMILES string of the molecule is CCCCS(=O)(=O)Nc1cccc(C2=CC(Nc3cc(N4CCN(C)CC4)nc(C)n3)=NC2)c1. The number of aromatic nitrogens is 2. The molecule has 1 aromatic carbocycles. The van der Waals surface area contributed by atoms with E-state index in [1.807, 2.05) is 44.2 Å². The number of sulfonamides is 1. The summed E-state index contributed by atoms with van der Waals surface area (Å²) in [5.74, 6) is 3.21. The minimum atomic E-state index is -3.34. The van der Waals surface area contributed by atoms with Crippen molar-refractivity contribution < 1.29 is 8.42 Å². The lowest BCUT2D eigenvalue weighted by atomic mass is 10.1. The summed E-state index contributed by atoms with van der Waals surface area (Å²) in [6, 6.07) is 9.42. The van der Waals surface area contributed by atoms with Gasteiger partial charge >= 0.3 is 0 Å². The summed E-state index contributed by atoms with van der Waals surface area (Å²) in [5.41, 5.74) is 2.52. The Morgan fingerprint density at radius 1 is 1.09 bits per heavy atom. The van der Waals surface area contributed by atoms with E-state index in [0.29, 0.717) is 24.5 Å². The average Bonchev–Trinajstić information content (AvgIpc) is 3.26. The van der Waals surface area contributed by atoms with Crippen molar-refractivity contribution in [2.75, 3.05) is 60.5 Å². The van der Waals surface area contributed by atoms with Gasteiger partial charge in [0, 0.05) is 37.9 Å². The molecule has 1 fully saturated rings. The molecule has 4 rings (SSSR count). The number of nitrogens with one attached hydrogen (secondary N) is 2. The van der Waals surface area contributed by atoms with E-state index in [-0.39, 0.29) is 5.75 Å². The summed E-state index contributed by atoms with van der Waals surface area (Å²) in [4.78, 5) is 18.4. The second-order valence-electron chi connectivity index (χ2n) is 8.80. The number of aliphatic imine (C=N–C) groups is 1. The third-order valence-corrected chi connectivity index (χ3v) is 7.28. The molecule has 34 heavy (non-hydrogen) atoms. The highest BCUT2D eigenvalue weighted by atomic mass is 32.2. The van der Waals surface area contributed by atoms with E-state index in [1.165, 1.54) is 0 Å². The molecule has 3 heterocycles. The number of aryl methyl sites for hydroxylation is 1. The molecule has 2 aliphatic heterocycles. The first-order valence-electron chi connectivity index (χ1n) is 11.7. The van der Waals surface area contributed by atoms with Gasteiger partial charge in [0.1, 0.15) is 23.3 Å². The predicted octanol–water partition coefficient (Wildman–Crippen LogP) is 2.99. The van der Waals surface area contributed by atoms with Crippen LogP contribution in [0.2, 0.25) is 0 Å². The number of nitrogens with zero attached hydrogens (tertiary/aromatic N) is 5. The summed E-state index contributed by atoms with van der Waals surface area (Å²) in [7, 11) is -1.21. The summed E-state index contributed by atoms with van der Waals surface area (Å²) in [6.07, 6.45) is 3.46. The van der Waals surface area contributed by atoms with Gasteiger partial charge in [-0.3, -0.25) is 9.71 Å².